The molecule has 4 N–H and O–H groups in total. The fraction of sp³-hybridized carbons (Fsp3) is 0.450. The lowest BCUT2D eigenvalue weighted by molar-refractivity contribution is -0.138. The number of aromatic nitrogens is 9. The smallest absolute Gasteiger partial charge is 0.375 e. The van der Waals surface area contributed by atoms with Crippen molar-refractivity contribution in [2.75, 3.05) is 5.73 Å². The number of rotatable bonds is 6. The van der Waals surface area contributed by atoms with Crippen molar-refractivity contribution < 1.29 is 53.9 Å². The van der Waals surface area contributed by atoms with Gasteiger partial charge in [0.05, 0.1) is 60.2 Å². The van der Waals surface area contributed by atoms with Crippen LogP contribution in [0.15, 0.2) is 111 Å². The fourth-order valence-electron chi connectivity index (χ4n) is 13.9. The van der Waals surface area contributed by atoms with E-state index in [1.54, 1.807) is 31.2 Å². The number of nitrogens with zero attached hydrogens (tertiary/aromatic N) is 9. The normalized spacial score (nSPS) is 24.2. The van der Waals surface area contributed by atoms with Crippen LogP contribution in [0.3, 0.4) is 0 Å². The number of ketones is 1. The van der Waals surface area contributed by atoms with Gasteiger partial charge in [0.1, 0.15) is 34.8 Å². The van der Waals surface area contributed by atoms with E-state index in [1.165, 1.54) is 132 Å². The third kappa shape index (κ3) is 14.6. The molecule has 8 bridgehead atoms. The molecule has 8 saturated carbocycles. The summed E-state index contributed by atoms with van der Waals surface area (Å²) in [4.78, 5) is 59.7. The largest absolute Gasteiger partial charge is 0.416 e. The summed E-state index contributed by atoms with van der Waals surface area (Å²) < 4.78 is 119. The van der Waals surface area contributed by atoms with Crippen molar-refractivity contribution in [2.24, 2.45) is 59.0 Å². The molecule has 17 rings (SSSR count). The molecule has 456 valence electrons. The van der Waals surface area contributed by atoms with Crippen LogP contribution in [-0.4, -0.2) is 67.4 Å². The van der Waals surface area contributed by atoms with E-state index >= 15 is 0 Å². The highest BCUT2D eigenvalue weighted by Gasteiger charge is 2.49. The molecule has 8 fully saturated rings. The van der Waals surface area contributed by atoms with Gasteiger partial charge >= 0.3 is 24.6 Å². The molecule has 9 aromatic rings. The number of nitrogens with two attached hydrogens (primary N) is 2. The van der Waals surface area contributed by atoms with Gasteiger partial charge in [-0.1, -0.05) is 18.8 Å². The summed E-state index contributed by atoms with van der Waals surface area (Å²) in [7, 11) is 0. The number of hydrogen-bond donors (Lipinski definition) is 2. The Hall–Kier alpha value is -6.90. The van der Waals surface area contributed by atoms with Crippen LogP contribution in [0.25, 0.3) is 30.6 Å². The van der Waals surface area contributed by atoms with E-state index in [-0.39, 0.29) is 43.1 Å². The molecule has 0 unspecified atom stereocenters. The summed E-state index contributed by atoms with van der Waals surface area (Å²) in [5.74, 6) is 7.72. The van der Waals surface area contributed by atoms with Crippen LogP contribution in [0.2, 0.25) is 0 Å². The topological polar surface area (TPSA) is 195 Å². The van der Waals surface area contributed by atoms with Crippen LogP contribution in [0, 0.1) is 53.3 Å². The molecule has 0 saturated heterocycles. The minimum absolute atomic E-state index is 0. The number of fused-ring (bicyclic) bond motifs is 3. The Bertz CT molecular complexity index is 3690. The summed E-state index contributed by atoms with van der Waals surface area (Å²) >= 11 is 3.35. The number of halogens is 9. The monoisotopic (exact) mass is 1250 g/mol. The Balaban J connectivity index is 0.000000124. The molecule has 8 aliphatic carbocycles. The third-order valence-electron chi connectivity index (χ3n) is 17.3. The van der Waals surface area contributed by atoms with Gasteiger partial charge in [0.2, 0.25) is 5.91 Å². The number of carbonyl (C=O) groups is 3. The fourth-order valence-corrected chi connectivity index (χ4v) is 16.7. The Morgan fingerprint density at radius 2 is 0.872 bits per heavy atom. The SMILES string of the molecule is C.NC1C2CC3CC(C2)CC1C3.Nc1nc2ccc(C(F)(F)F)cc2s1.O=C(Cc1nc2ccc(C(F)(F)F)cc2s1)CC1C2CC3CC(C2)CC1C3.O=C(Cc1nc2ccc(C(F)(F)F)cc2s1)n1ccnc1.O=C(n1ccnc1)n1ccnc1. The van der Waals surface area contributed by atoms with Crippen LogP contribution < -0.4 is 11.5 Å². The minimum Gasteiger partial charge on any atom is -0.375 e. The predicted molar refractivity (Wildman–Crippen MR) is 311 cm³/mol. The molecule has 0 aliphatic heterocycles. The Kier molecular flexibility index (Phi) is 18.4. The number of carbonyl (C=O) groups excluding carboxylic acids is 3. The van der Waals surface area contributed by atoms with Crippen molar-refractivity contribution in [3.8, 4) is 0 Å². The predicted octanol–water partition coefficient (Wildman–Crippen LogP) is 15.2. The molecule has 6 heterocycles. The number of nitrogen functional groups attached to an aromatic ring is 1. The van der Waals surface area contributed by atoms with E-state index in [4.69, 9.17) is 11.5 Å². The van der Waals surface area contributed by atoms with Gasteiger partial charge in [0, 0.05) is 49.6 Å². The maximum atomic E-state index is 12.9. The standard InChI is InChI=1S/C21H22F3NOS.C13H8F3N3OS.C10H17N.C8H5F3N2S.C7H6N4O.CH4/c22-21(23,24)15-1-2-18-19(8-15)27-20(25-18)10-16(26)9-17-13-4-11-3-12(6-13)7-14(17)5-11;14-13(15,16)8-1-2-9-10(5-8)21-11(18-9)6-12(20)19-4-3-17-7-19;11-10-8-2-6-1-7(4-8)5-9(10)3-6;9-8(10,11)4-1-2-5-6(3-4)14-7(12)13-5;12-7(10-3-1-8-5-10)11-4-2-9-6-11;/h1-2,8,11-14,17H,3-7,9-10H2;1-5,7H,6H2;6-10H,1-5,11H2;1-3H,(H2,12,13);1-6H;1H4. The molecule has 14 nitrogen and oxygen atoms in total. The summed E-state index contributed by atoms with van der Waals surface area (Å²) in [6.07, 6.45) is 15.4. The summed E-state index contributed by atoms with van der Waals surface area (Å²) in [5.41, 5.74) is 11.0. The van der Waals surface area contributed by atoms with E-state index in [2.05, 4.69) is 29.9 Å². The summed E-state index contributed by atoms with van der Waals surface area (Å²) in [5, 5.41) is 1.39. The summed E-state index contributed by atoms with van der Waals surface area (Å²) in [6.45, 7) is 0. The highest BCUT2D eigenvalue weighted by atomic mass is 32.1. The molecule has 26 heteroatoms. The van der Waals surface area contributed by atoms with Gasteiger partial charge < -0.3 is 11.5 Å². The van der Waals surface area contributed by atoms with Gasteiger partial charge in [0.15, 0.2) is 5.13 Å². The third-order valence-corrected chi connectivity index (χ3v) is 20.2. The first-order valence-electron chi connectivity index (χ1n) is 27.9. The average Bonchev–Trinajstić information content (AvgIpc) is 1.38. The first-order valence-corrected chi connectivity index (χ1v) is 30.4. The maximum Gasteiger partial charge on any atom is 0.416 e. The number of thiazole rings is 3. The molecule has 0 radical (unpaired) electrons. The van der Waals surface area contributed by atoms with E-state index in [0.717, 1.165) is 106 Å². The molecule has 8 aliphatic rings. The second-order valence-electron chi connectivity index (χ2n) is 23.1. The van der Waals surface area contributed by atoms with Crippen molar-refractivity contribution in [1.82, 2.24) is 43.6 Å². The number of alkyl halides is 9. The van der Waals surface area contributed by atoms with Gasteiger partial charge in [-0.3, -0.25) is 23.3 Å². The van der Waals surface area contributed by atoms with Gasteiger partial charge in [-0.2, -0.15) is 39.5 Å². The van der Waals surface area contributed by atoms with Crippen molar-refractivity contribution in [2.45, 2.75) is 115 Å². The highest BCUT2D eigenvalue weighted by molar-refractivity contribution is 7.22. The zero-order valence-corrected chi connectivity index (χ0v) is 47.8. The van der Waals surface area contributed by atoms with Gasteiger partial charge in [0.25, 0.3) is 0 Å². The number of anilines is 1. The first kappa shape index (κ1) is 62.2. The van der Waals surface area contributed by atoms with Crippen LogP contribution in [0.4, 0.5) is 49.4 Å². The molecule has 6 aromatic heterocycles. The highest BCUT2D eigenvalue weighted by Crippen LogP contribution is 2.58. The van der Waals surface area contributed by atoms with Crippen LogP contribution in [0.5, 0.6) is 0 Å². The van der Waals surface area contributed by atoms with Crippen LogP contribution >= 0.6 is 34.0 Å². The van der Waals surface area contributed by atoms with E-state index in [1.807, 2.05) is 0 Å². The second-order valence-corrected chi connectivity index (χ2v) is 26.4. The Morgan fingerprint density at radius 3 is 1.27 bits per heavy atom. The number of hydrogen-bond acceptors (Lipinski definition) is 14. The number of Topliss-reactive ketones (excluding diaryl/α,β-unsaturated/α-hetero) is 1. The van der Waals surface area contributed by atoms with Crippen molar-refractivity contribution >= 4 is 87.5 Å². The van der Waals surface area contributed by atoms with Gasteiger partial charge in [-0.15, -0.1) is 22.7 Å². The number of benzene rings is 3. The molecule has 0 amide bonds. The lowest BCUT2D eigenvalue weighted by Gasteiger charge is -2.54. The van der Waals surface area contributed by atoms with Gasteiger partial charge in [-0.25, -0.2) is 34.7 Å². The molecule has 86 heavy (non-hydrogen) atoms. The lowest BCUT2D eigenvalue weighted by Crippen LogP contribution is -2.52. The van der Waals surface area contributed by atoms with E-state index in [9.17, 15) is 53.9 Å². The van der Waals surface area contributed by atoms with Crippen molar-refractivity contribution in [3.63, 3.8) is 0 Å². The zero-order valence-electron chi connectivity index (χ0n) is 45.4. The Morgan fingerprint density at radius 1 is 0.500 bits per heavy atom. The Labute approximate surface area is 500 Å². The van der Waals surface area contributed by atoms with Crippen molar-refractivity contribution in [3.05, 3.63) is 137 Å². The second kappa shape index (κ2) is 25.4. The lowest BCUT2D eigenvalue weighted by atomic mass is 9.51. The van der Waals surface area contributed by atoms with Crippen LogP contribution in [0.1, 0.15) is 110 Å². The maximum absolute atomic E-state index is 12.9. The quantitative estimate of drug-likeness (QED) is 0.150. The molecular weight excluding hydrogens is 1190 g/mol. The zero-order chi connectivity index (χ0) is 60.0. The molecule has 3 aromatic carbocycles. The van der Waals surface area contributed by atoms with E-state index < -0.39 is 35.2 Å². The number of imidazole rings is 3. The summed E-state index contributed by atoms with van der Waals surface area (Å²) in [6, 6.07) is 10.7. The molecule has 0 atom stereocenters. The first-order chi connectivity index (χ1) is 40.4. The van der Waals surface area contributed by atoms with E-state index in [0.29, 0.717) is 59.0 Å². The molecular formula is C60H62F9N11O3S3. The van der Waals surface area contributed by atoms with Crippen LogP contribution in [-0.2, 0) is 36.2 Å². The average molecular weight is 1250 g/mol. The molecule has 0 spiro atoms. The minimum atomic E-state index is -4.38. The van der Waals surface area contributed by atoms with Gasteiger partial charge in [-0.05, 0) is 172 Å². The van der Waals surface area contributed by atoms with Crippen molar-refractivity contribution in [1.29, 1.82) is 0 Å².